The van der Waals surface area contributed by atoms with Crippen LogP contribution < -0.4 is 4.74 Å². The maximum Gasteiger partial charge on any atom is 0.255 e. The van der Waals surface area contributed by atoms with Gasteiger partial charge in [0, 0.05) is 31.8 Å². The van der Waals surface area contributed by atoms with Gasteiger partial charge in [-0.2, -0.15) is 0 Å². The van der Waals surface area contributed by atoms with Crippen molar-refractivity contribution in [3.8, 4) is 5.75 Å². The molecule has 0 aliphatic rings. The van der Waals surface area contributed by atoms with Crippen molar-refractivity contribution in [2.75, 3.05) is 33.4 Å². The molecule has 2 rings (SSSR count). The van der Waals surface area contributed by atoms with Gasteiger partial charge < -0.3 is 19.5 Å². The van der Waals surface area contributed by atoms with E-state index in [2.05, 4.69) is 0 Å². The molecule has 156 valence electrons. The van der Waals surface area contributed by atoms with Crippen LogP contribution in [0.4, 0.5) is 4.39 Å². The van der Waals surface area contributed by atoms with Gasteiger partial charge in [0.05, 0.1) is 17.0 Å². The number of aliphatic hydroxyl groups excluding tert-OH is 1. The Hall–Kier alpha value is -1.96. The molecular weight excluding hydrogens is 381 g/mol. The van der Waals surface area contributed by atoms with Crippen LogP contribution in [0.2, 0.25) is 0 Å². The Labute approximate surface area is 170 Å². The normalized spacial score (nSPS) is 11.4. The third-order valence-electron chi connectivity index (χ3n) is 4.04. The van der Waals surface area contributed by atoms with E-state index in [9.17, 15) is 14.3 Å². The van der Waals surface area contributed by atoms with Crippen molar-refractivity contribution in [1.82, 2.24) is 4.90 Å². The smallest absolute Gasteiger partial charge is 0.255 e. The van der Waals surface area contributed by atoms with E-state index in [1.807, 2.05) is 27.7 Å². The third kappa shape index (κ3) is 6.02. The zero-order chi connectivity index (χ0) is 21.1. The van der Waals surface area contributed by atoms with Crippen molar-refractivity contribution in [3.63, 3.8) is 0 Å². The zero-order valence-corrected chi connectivity index (χ0v) is 18.0. The summed E-state index contributed by atoms with van der Waals surface area (Å²) in [6.07, 6.45) is -1.08. The Bertz CT molecular complexity index is 731. The van der Waals surface area contributed by atoms with Gasteiger partial charge in [-0.3, -0.25) is 4.79 Å². The Morgan fingerprint density at radius 2 is 1.89 bits per heavy atom. The number of ether oxygens (including phenoxy) is 2. The molecule has 0 saturated carbocycles. The SMILES string of the molecule is CC.CCN(CC)C(=O)c1ccsc1C(O)c1ccc(F)cc1OCCOC. The van der Waals surface area contributed by atoms with Crippen LogP contribution in [0.15, 0.2) is 29.6 Å². The van der Waals surface area contributed by atoms with Crippen molar-refractivity contribution in [3.05, 3.63) is 51.5 Å². The van der Waals surface area contributed by atoms with E-state index in [4.69, 9.17) is 9.47 Å². The highest BCUT2D eigenvalue weighted by atomic mass is 32.1. The lowest BCUT2D eigenvalue weighted by atomic mass is 10.0. The Balaban J connectivity index is 0.00000190. The summed E-state index contributed by atoms with van der Waals surface area (Å²) in [6.45, 7) is 9.56. The largest absolute Gasteiger partial charge is 0.491 e. The molecule has 0 spiro atoms. The monoisotopic (exact) mass is 411 g/mol. The second-order valence-electron chi connectivity index (χ2n) is 5.60. The number of hydrogen-bond donors (Lipinski definition) is 1. The van der Waals surface area contributed by atoms with Gasteiger partial charge in [-0.05, 0) is 37.4 Å². The summed E-state index contributed by atoms with van der Waals surface area (Å²) >= 11 is 1.29. The summed E-state index contributed by atoms with van der Waals surface area (Å²) in [4.78, 5) is 14.9. The first-order valence-electron chi connectivity index (χ1n) is 9.49. The fraction of sp³-hybridized carbons (Fsp3) is 0.476. The molecule has 1 unspecified atom stereocenters. The second-order valence-corrected chi connectivity index (χ2v) is 6.55. The van der Waals surface area contributed by atoms with Gasteiger partial charge in [0.2, 0.25) is 0 Å². The first-order valence-corrected chi connectivity index (χ1v) is 10.4. The summed E-state index contributed by atoms with van der Waals surface area (Å²) in [6, 6.07) is 5.68. The first-order chi connectivity index (χ1) is 13.5. The summed E-state index contributed by atoms with van der Waals surface area (Å²) in [7, 11) is 1.54. The number of carbonyl (C=O) groups excluding carboxylic acids is 1. The number of thiophene rings is 1. The number of rotatable bonds is 9. The summed E-state index contributed by atoms with van der Waals surface area (Å²) in [5, 5.41) is 12.6. The number of halogens is 1. The fourth-order valence-electron chi connectivity index (χ4n) is 2.63. The standard InChI is InChI=1S/C19H24FNO4S.C2H6/c1-4-21(5-2)19(23)15-8-11-26-18(15)17(22)14-7-6-13(20)12-16(14)25-10-9-24-3;1-2/h6-8,11-12,17,22H,4-5,9-10H2,1-3H3;1-2H3. The lowest BCUT2D eigenvalue weighted by molar-refractivity contribution is 0.0768. The lowest BCUT2D eigenvalue weighted by Crippen LogP contribution is -2.31. The van der Waals surface area contributed by atoms with Crippen LogP contribution in [0.5, 0.6) is 5.75 Å². The molecule has 0 fully saturated rings. The van der Waals surface area contributed by atoms with Gasteiger partial charge in [-0.25, -0.2) is 4.39 Å². The quantitative estimate of drug-likeness (QED) is 0.617. The predicted octanol–water partition coefficient (Wildman–Crippen LogP) is 4.50. The van der Waals surface area contributed by atoms with Crippen LogP contribution in [0.25, 0.3) is 0 Å². The van der Waals surface area contributed by atoms with Gasteiger partial charge in [-0.1, -0.05) is 13.8 Å². The minimum absolute atomic E-state index is 0.130. The molecule has 0 aliphatic heterocycles. The molecule has 0 bridgehead atoms. The molecule has 1 aromatic carbocycles. The minimum Gasteiger partial charge on any atom is -0.491 e. The molecule has 0 aliphatic carbocycles. The van der Waals surface area contributed by atoms with Crippen molar-refractivity contribution in [1.29, 1.82) is 0 Å². The predicted molar refractivity (Wildman–Crippen MR) is 111 cm³/mol. The maximum absolute atomic E-state index is 13.6. The van der Waals surface area contributed by atoms with E-state index in [-0.39, 0.29) is 18.3 Å². The Kier molecular flexibility index (Phi) is 10.7. The fourth-order valence-corrected chi connectivity index (χ4v) is 3.51. The minimum atomic E-state index is -1.08. The number of hydrogen-bond acceptors (Lipinski definition) is 5. The molecular formula is C21H30FNO4S. The van der Waals surface area contributed by atoms with Crippen LogP contribution in [-0.4, -0.2) is 49.3 Å². The molecule has 1 atom stereocenters. The van der Waals surface area contributed by atoms with Gasteiger partial charge in [-0.15, -0.1) is 11.3 Å². The van der Waals surface area contributed by atoms with Crippen LogP contribution in [0.1, 0.15) is 54.6 Å². The highest BCUT2D eigenvalue weighted by molar-refractivity contribution is 7.10. The van der Waals surface area contributed by atoms with Crippen LogP contribution in [0.3, 0.4) is 0 Å². The molecule has 1 aromatic heterocycles. The van der Waals surface area contributed by atoms with E-state index >= 15 is 0 Å². The molecule has 0 saturated heterocycles. The average molecular weight is 412 g/mol. The van der Waals surface area contributed by atoms with E-state index in [0.717, 1.165) is 0 Å². The maximum atomic E-state index is 13.6. The zero-order valence-electron chi connectivity index (χ0n) is 17.2. The van der Waals surface area contributed by atoms with Gasteiger partial charge in [0.25, 0.3) is 5.91 Å². The van der Waals surface area contributed by atoms with E-state index in [1.54, 1.807) is 23.5 Å². The van der Waals surface area contributed by atoms with Gasteiger partial charge >= 0.3 is 0 Å². The lowest BCUT2D eigenvalue weighted by Gasteiger charge is -2.21. The van der Waals surface area contributed by atoms with Crippen molar-refractivity contribution in [2.24, 2.45) is 0 Å². The van der Waals surface area contributed by atoms with Crippen LogP contribution >= 0.6 is 11.3 Å². The highest BCUT2D eigenvalue weighted by Crippen LogP contribution is 2.35. The highest BCUT2D eigenvalue weighted by Gasteiger charge is 2.25. The molecule has 5 nitrogen and oxygen atoms in total. The topological polar surface area (TPSA) is 59.0 Å². The Morgan fingerprint density at radius 1 is 1.21 bits per heavy atom. The van der Waals surface area contributed by atoms with Gasteiger partial charge in [0.1, 0.15) is 24.3 Å². The number of nitrogens with zero attached hydrogens (tertiary/aromatic N) is 1. The van der Waals surface area contributed by atoms with Crippen molar-refractivity contribution in [2.45, 2.75) is 33.8 Å². The number of methoxy groups -OCH3 is 1. The van der Waals surface area contributed by atoms with E-state index in [1.165, 1.54) is 29.5 Å². The summed E-state index contributed by atoms with van der Waals surface area (Å²) in [5.74, 6) is -0.350. The molecule has 0 radical (unpaired) electrons. The molecule has 7 heteroatoms. The summed E-state index contributed by atoms with van der Waals surface area (Å²) in [5.41, 5.74) is 0.872. The first kappa shape index (κ1) is 24.1. The number of aliphatic hydroxyl groups is 1. The van der Waals surface area contributed by atoms with Crippen molar-refractivity contribution < 1.29 is 23.8 Å². The molecule has 1 amide bonds. The molecule has 1 N–H and O–H groups in total. The van der Waals surface area contributed by atoms with Crippen molar-refractivity contribution >= 4 is 17.2 Å². The average Bonchev–Trinajstić information content (AvgIpc) is 3.20. The number of amides is 1. The van der Waals surface area contributed by atoms with Crippen LogP contribution in [-0.2, 0) is 4.74 Å². The number of carbonyl (C=O) groups is 1. The van der Waals surface area contributed by atoms with E-state index in [0.29, 0.717) is 35.7 Å². The van der Waals surface area contributed by atoms with Crippen LogP contribution in [0, 0.1) is 5.82 Å². The molecule has 28 heavy (non-hydrogen) atoms. The summed E-state index contributed by atoms with van der Waals surface area (Å²) < 4.78 is 24.1. The second kappa shape index (κ2) is 12.5. The van der Waals surface area contributed by atoms with Gasteiger partial charge in [0.15, 0.2) is 0 Å². The Morgan fingerprint density at radius 3 is 2.50 bits per heavy atom. The van der Waals surface area contributed by atoms with E-state index < -0.39 is 11.9 Å². The third-order valence-corrected chi connectivity index (χ3v) is 5.01. The number of benzene rings is 1. The molecule has 1 heterocycles. The molecule has 2 aromatic rings.